The van der Waals surface area contributed by atoms with Gasteiger partial charge in [-0.1, -0.05) is 34.1 Å². The summed E-state index contributed by atoms with van der Waals surface area (Å²) in [6, 6.07) is 8.08. The third-order valence-corrected chi connectivity index (χ3v) is 3.81. The van der Waals surface area contributed by atoms with Crippen LogP contribution in [-0.2, 0) is 11.2 Å². The van der Waals surface area contributed by atoms with E-state index in [1.807, 2.05) is 23.1 Å². The van der Waals surface area contributed by atoms with Gasteiger partial charge < -0.3 is 10.2 Å². The van der Waals surface area contributed by atoms with Gasteiger partial charge in [-0.2, -0.15) is 0 Å². The van der Waals surface area contributed by atoms with Gasteiger partial charge >= 0.3 is 0 Å². The van der Waals surface area contributed by atoms with E-state index < -0.39 is 0 Å². The van der Waals surface area contributed by atoms with Crippen LogP contribution in [0, 0.1) is 0 Å². The Hall–Kier alpha value is -0.580. The molecule has 0 atom stereocenters. The minimum atomic E-state index is 0. The summed E-state index contributed by atoms with van der Waals surface area (Å²) in [7, 11) is 0. The second-order valence-electron chi connectivity index (χ2n) is 4.22. The monoisotopic (exact) mass is 332 g/mol. The number of benzene rings is 1. The van der Waals surface area contributed by atoms with E-state index >= 15 is 0 Å². The number of amides is 1. The predicted molar refractivity (Wildman–Crippen MR) is 79.2 cm³/mol. The summed E-state index contributed by atoms with van der Waals surface area (Å²) in [5, 5.41) is 3.25. The van der Waals surface area contributed by atoms with Crippen molar-refractivity contribution >= 4 is 34.2 Å². The molecule has 1 amide bonds. The van der Waals surface area contributed by atoms with E-state index in [0.29, 0.717) is 6.42 Å². The Balaban J connectivity index is 0.00000162. The van der Waals surface area contributed by atoms with E-state index in [1.54, 1.807) is 0 Å². The molecule has 0 spiro atoms. The minimum Gasteiger partial charge on any atom is -0.340 e. The molecule has 0 radical (unpaired) electrons. The van der Waals surface area contributed by atoms with Crippen molar-refractivity contribution < 1.29 is 4.79 Å². The number of hydrogen-bond acceptors (Lipinski definition) is 2. The lowest BCUT2D eigenvalue weighted by Gasteiger charge is -2.27. The average Bonchev–Trinajstić information content (AvgIpc) is 2.38. The van der Waals surface area contributed by atoms with Crippen molar-refractivity contribution in [3.8, 4) is 0 Å². The van der Waals surface area contributed by atoms with Crippen molar-refractivity contribution in [3.05, 3.63) is 34.3 Å². The highest BCUT2D eigenvalue weighted by molar-refractivity contribution is 9.10. The molecule has 0 unspecified atom stereocenters. The highest BCUT2D eigenvalue weighted by Crippen LogP contribution is 2.17. The molecule has 0 aliphatic carbocycles. The summed E-state index contributed by atoms with van der Waals surface area (Å²) in [4.78, 5) is 13.9. The van der Waals surface area contributed by atoms with Gasteiger partial charge in [0.05, 0.1) is 0 Å². The second kappa shape index (κ2) is 7.77. The zero-order valence-electron chi connectivity index (χ0n) is 10.2. The van der Waals surface area contributed by atoms with Crippen molar-refractivity contribution in [2.24, 2.45) is 0 Å². The lowest BCUT2D eigenvalue weighted by Crippen LogP contribution is -2.46. The highest BCUT2D eigenvalue weighted by atomic mass is 79.9. The van der Waals surface area contributed by atoms with Crippen LogP contribution in [0.1, 0.15) is 12.0 Å². The number of hydrogen-bond donors (Lipinski definition) is 1. The standard InChI is InChI=1S/C13H17BrN2O.ClH/c14-12-4-2-1-3-11(12)5-6-13(17)16-9-7-15-8-10-16;/h1-4,15H,5-10H2;1H. The molecule has 0 aromatic heterocycles. The molecule has 1 fully saturated rings. The topological polar surface area (TPSA) is 32.3 Å². The molecule has 0 saturated carbocycles. The number of halogens is 2. The van der Waals surface area contributed by atoms with Gasteiger partial charge in [0.15, 0.2) is 0 Å². The fourth-order valence-corrected chi connectivity index (χ4v) is 2.50. The maximum Gasteiger partial charge on any atom is 0.222 e. The maximum atomic E-state index is 12.0. The maximum absolute atomic E-state index is 12.0. The molecule has 1 aliphatic rings. The molecule has 1 aromatic rings. The van der Waals surface area contributed by atoms with Crippen molar-refractivity contribution in [2.45, 2.75) is 12.8 Å². The second-order valence-corrected chi connectivity index (χ2v) is 5.08. The van der Waals surface area contributed by atoms with E-state index in [0.717, 1.165) is 37.1 Å². The Bertz CT molecular complexity index is 394. The molecule has 1 aromatic carbocycles. The van der Waals surface area contributed by atoms with Crippen LogP contribution in [0.25, 0.3) is 0 Å². The Labute approximate surface area is 122 Å². The summed E-state index contributed by atoms with van der Waals surface area (Å²) < 4.78 is 1.09. The van der Waals surface area contributed by atoms with Crippen LogP contribution < -0.4 is 5.32 Å². The largest absolute Gasteiger partial charge is 0.340 e. The summed E-state index contributed by atoms with van der Waals surface area (Å²) in [6.07, 6.45) is 1.41. The molecule has 0 bridgehead atoms. The molecule has 5 heteroatoms. The number of piperazine rings is 1. The Morgan fingerprint density at radius 1 is 1.28 bits per heavy atom. The number of nitrogens with zero attached hydrogens (tertiary/aromatic N) is 1. The normalized spacial score (nSPS) is 15.1. The molecule has 1 saturated heterocycles. The minimum absolute atomic E-state index is 0. The Kier molecular flexibility index (Phi) is 6.68. The van der Waals surface area contributed by atoms with Crippen LogP contribution in [0.5, 0.6) is 0 Å². The first-order valence-corrected chi connectivity index (χ1v) is 6.78. The zero-order valence-corrected chi connectivity index (χ0v) is 12.6. The Morgan fingerprint density at radius 2 is 1.94 bits per heavy atom. The number of nitrogens with one attached hydrogen (secondary N) is 1. The van der Waals surface area contributed by atoms with Crippen molar-refractivity contribution in [3.63, 3.8) is 0 Å². The van der Waals surface area contributed by atoms with Crippen LogP contribution in [-0.4, -0.2) is 37.0 Å². The lowest BCUT2D eigenvalue weighted by atomic mass is 10.1. The molecule has 18 heavy (non-hydrogen) atoms. The first kappa shape index (κ1) is 15.5. The molecule has 1 heterocycles. The lowest BCUT2D eigenvalue weighted by molar-refractivity contribution is -0.131. The number of aryl methyl sites for hydroxylation is 1. The van der Waals surface area contributed by atoms with E-state index in [2.05, 4.69) is 27.3 Å². The SMILES string of the molecule is Cl.O=C(CCc1ccccc1Br)N1CCNCC1. The van der Waals surface area contributed by atoms with Crippen LogP contribution in [0.15, 0.2) is 28.7 Å². The molecule has 1 aliphatic heterocycles. The summed E-state index contributed by atoms with van der Waals surface area (Å²) >= 11 is 3.51. The number of carbonyl (C=O) groups excluding carboxylic acids is 1. The van der Waals surface area contributed by atoms with Crippen LogP contribution >= 0.6 is 28.3 Å². The quantitative estimate of drug-likeness (QED) is 0.920. The van der Waals surface area contributed by atoms with Crippen LogP contribution in [0.3, 0.4) is 0 Å². The first-order valence-electron chi connectivity index (χ1n) is 5.99. The summed E-state index contributed by atoms with van der Waals surface area (Å²) in [5.74, 6) is 0.266. The molecule has 100 valence electrons. The average molecular weight is 334 g/mol. The van der Waals surface area contributed by atoms with E-state index in [9.17, 15) is 4.79 Å². The molecule has 3 nitrogen and oxygen atoms in total. The van der Waals surface area contributed by atoms with Gasteiger partial charge in [0.25, 0.3) is 0 Å². The fraction of sp³-hybridized carbons (Fsp3) is 0.462. The van der Waals surface area contributed by atoms with Crippen LogP contribution in [0.4, 0.5) is 0 Å². The van der Waals surface area contributed by atoms with Gasteiger partial charge in [0.2, 0.25) is 5.91 Å². The predicted octanol–water partition coefficient (Wildman–Crippen LogP) is 2.24. The molecule has 1 N–H and O–H groups in total. The smallest absolute Gasteiger partial charge is 0.222 e. The fourth-order valence-electron chi connectivity index (χ4n) is 2.02. The van der Waals surface area contributed by atoms with Gasteiger partial charge in [0, 0.05) is 37.1 Å². The zero-order chi connectivity index (χ0) is 12.1. The van der Waals surface area contributed by atoms with Crippen molar-refractivity contribution in [1.82, 2.24) is 10.2 Å². The third-order valence-electron chi connectivity index (χ3n) is 3.04. The van der Waals surface area contributed by atoms with Crippen molar-refractivity contribution in [1.29, 1.82) is 0 Å². The van der Waals surface area contributed by atoms with Crippen LogP contribution in [0.2, 0.25) is 0 Å². The van der Waals surface area contributed by atoms with Gasteiger partial charge in [-0.05, 0) is 18.1 Å². The van der Waals surface area contributed by atoms with E-state index in [1.165, 1.54) is 5.56 Å². The Morgan fingerprint density at radius 3 is 2.61 bits per heavy atom. The third kappa shape index (κ3) is 4.26. The molecular formula is C13H18BrClN2O. The number of rotatable bonds is 3. The number of carbonyl (C=O) groups is 1. The van der Waals surface area contributed by atoms with Gasteiger partial charge in [-0.3, -0.25) is 4.79 Å². The van der Waals surface area contributed by atoms with E-state index in [4.69, 9.17) is 0 Å². The van der Waals surface area contributed by atoms with E-state index in [-0.39, 0.29) is 18.3 Å². The summed E-state index contributed by atoms with van der Waals surface area (Å²) in [6.45, 7) is 3.52. The van der Waals surface area contributed by atoms with Gasteiger partial charge in [-0.15, -0.1) is 12.4 Å². The van der Waals surface area contributed by atoms with Gasteiger partial charge in [-0.25, -0.2) is 0 Å². The highest BCUT2D eigenvalue weighted by Gasteiger charge is 2.15. The summed E-state index contributed by atoms with van der Waals surface area (Å²) in [5.41, 5.74) is 1.20. The molecule has 2 rings (SSSR count). The first-order chi connectivity index (χ1) is 8.27. The van der Waals surface area contributed by atoms with Gasteiger partial charge in [0.1, 0.15) is 0 Å². The van der Waals surface area contributed by atoms with Crippen molar-refractivity contribution in [2.75, 3.05) is 26.2 Å². The molecular weight excluding hydrogens is 316 g/mol.